The minimum atomic E-state index is -1.16. The van der Waals surface area contributed by atoms with E-state index in [1.54, 1.807) is 6.07 Å². The topological polar surface area (TPSA) is 92.4 Å². The first-order valence-corrected chi connectivity index (χ1v) is 10.9. The maximum atomic E-state index is 12.4. The molecule has 0 atom stereocenters. The number of carbonyl (C=O) groups excluding carboxylic acids is 1. The molecule has 0 saturated carbocycles. The van der Waals surface area contributed by atoms with Crippen LogP contribution < -0.4 is 5.32 Å². The smallest absolute Gasteiger partial charge is 0.337 e. The van der Waals surface area contributed by atoms with Crippen LogP contribution in [-0.2, 0) is 4.79 Å². The van der Waals surface area contributed by atoms with Crippen LogP contribution in [-0.4, -0.2) is 27.7 Å². The van der Waals surface area contributed by atoms with Crippen LogP contribution in [0.15, 0.2) is 88.5 Å². The summed E-state index contributed by atoms with van der Waals surface area (Å²) in [5.74, 6) is -0.825. The van der Waals surface area contributed by atoms with E-state index in [0.29, 0.717) is 22.4 Å². The Hall–Kier alpha value is -3.55. The lowest BCUT2D eigenvalue weighted by atomic mass is 10.1. The van der Waals surface area contributed by atoms with Crippen molar-refractivity contribution in [3.8, 4) is 22.6 Å². The number of benzene rings is 3. The van der Waals surface area contributed by atoms with E-state index in [9.17, 15) is 14.7 Å². The summed E-state index contributed by atoms with van der Waals surface area (Å²) in [5.41, 5.74) is 2.76. The average molecular weight is 465 g/mol. The highest BCUT2D eigenvalue weighted by Crippen LogP contribution is 2.35. The molecule has 1 heterocycles. The molecule has 32 heavy (non-hydrogen) atoms. The van der Waals surface area contributed by atoms with Gasteiger partial charge in [0, 0.05) is 16.8 Å². The van der Waals surface area contributed by atoms with Gasteiger partial charge in [-0.05, 0) is 18.2 Å². The molecule has 0 aliphatic carbocycles. The molecule has 0 radical (unpaired) electrons. The predicted molar refractivity (Wildman–Crippen MR) is 125 cm³/mol. The second kappa shape index (κ2) is 9.72. The van der Waals surface area contributed by atoms with Gasteiger partial charge in [-0.25, -0.2) is 9.78 Å². The van der Waals surface area contributed by atoms with Crippen molar-refractivity contribution in [3.63, 3.8) is 0 Å². The Balaban J connectivity index is 1.51. The quantitative estimate of drug-likeness (QED) is 0.321. The fraction of sp³-hybridized carbons (Fsp3) is 0.0417. The van der Waals surface area contributed by atoms with Gasteiger partial charge in [-0.15, -0.1) is 0 Å². The first-order valence-electron chi connectivity index (χ1n) is 9.58. The van der Waals surface area contributed by atoms with Crippen LogP contribution in [0.4, 0.5) is 5.69 Å². The molecular formula is C24H17ClN2O4S. The predicted octanol–water partition coefficient (Wildman–Crippen LogP) is 6.09. The summed E-state index contributed by atoms with van der Waals surface area (Å²) in [6, 6.07) is 23.6. The van der Waals surface area contributed by atoms with Gasteiger partial charge in [-0.3, -0.25) is 4.79 Å². The van der Waals surface area contributed by atoms with E-state index >= 15 is 0 Å². The zero-order valence-corrected chi connectivity index (χ0v) is 18.2. The molecule has 0 saturated heterocycles. The van der Waals surface area contributed by atoms with Crippen LogP contribution in [0.1, 0.15) is 10.4 Å². The molecule has 8 heteroatoms. The van der Waals surface area contributed by atoms with Crippen molar-refractivity contribution in [2.45, 2.75) is 5.22 Å². The van der Waals surface area contributed by atoms with E-state index in [1.807, 2.05) is 60.7 Å². The number of carboxylic acid groups (broad SMARTS) is 1. The molecule has 0 aliphatic rings. The Morgan fingerprint density at radius 2 is 1.62 bits per heavy atom. The van der Waals surface area contributed by atoms with Gasteiger partial charge in [-0.1, -0.05) is 84.0 Å². The fourth-order valence-corrected chi connectivity index (χ4v) is 3.85. The standard InChI is InChI=1S/C24H17ClN2O4S/c25-19-12-11-17(13-18(19)23(29)30)26-20(28)14-32-24-27-21(15-7-3-1-4-8-15)22(31-24)16-9-5-2-6-10-16/h1-13H,14H2,(H,26,28)(H,29,30). The summed E-state index contributed by atoms with van der Waals surface area (Å²) in [4.78, 5) is 28.2. The molecule has 2 N–H and O–H groups in total. The third kappa shape index (κ3) is 5.01. The number of aromatic carboxylic acids is 1. The lowest BCUT2D eigenvalue weighted by Gasteiger charge is -2.06. The number of aromatic nitrogens is 1. The van der Waals surface area contributed by atoms with Crippen molar-refractivity contribution in [1.29, 1.82) is 0 Å². The SMILES string of the molecule is O=C(CSc1nc(-c2ccccc2)c(-c2ccccc2)o1)Nc1ccc(Cl)c(C(=O)O)c1. The monoisotopic (exact) mass is 464 g/mol. The van der Waals surface area contributed by atoms with Crippen molar-refractivity contribution in [2.24, 2.45) is 0 Å². The van der Waals surface area contributed by atoms with Gasteiger partial charge in [-0.2, -0.15) is 0 Å². The number of rotatable bonds is 7. The van der Waals surface area contributed by atoms with Crippen LogP contribution in [0.3, 0.4) is 0 Å². The third-order valence-corrected chi connectivity index (χ3v) is 5.66. The van der Waals surface area contributed by atoms with Crippen LogP contribution in [0, 0.1) is 0 Å². The maximum Gasteiger partial charge on any atom is 0.337 e. The van der Waals surface area contributed by atoms with E-state index in [1.165, 1.54) is 12.1 Å². The molecule has 0 aliphatic heterocycles. The number of hydrogen-bond donors (Lipinski definition) is 2. The van der Waals surface area contributed by atoms with E-state index in [4.69, 9.17) is 16.0 Å². The Labute approximate surface area is 193 Å². The number of halogens is 1. The lowest BCUT2D eigenvalue weighted by Crippen LogP contribution is -2.14. The molecule has 0 spiro atoms. The van der Waals surface area contributed by atoms with E-state index in [0.717, 1.165) is 22.9 Å². The molecule has 0 fully saturated rings. The van der Waals surface area contributed by atoms with Crippen LogP contribution in [0.2, 0.25) is 5.02 Å². The van der Waals surface area contributed by atoms with Crippen LogP contribution >= 0.6 is 23.4 Å². The summed E-state index contributed by atoms with van der Waals surface area (Å²) in [6.45, 7) is 0. The molecule has 6 nitrogen and oxygen atoms in total. The molecule has 0 unspecified atom stereocenters. The Morgan fingerprint density at radius 3 is 2.28 bits per heavy atom. The molecule has 1 amide bonds. The Morgan fingerprint density at radius 1 is 0.969 bits per heavy atom. The number of carboxylic acids is 1. The highest BCUT2D eigenvalue weighted by molar-refractivity contribution is 7.99. The molecule has 4 rings (SSSR count). The summed E-state index contributed by atoms with van der Waals surface area (Å²) in [7, 11) is 0. The van der Waals surface area contributed by atoms with Crippen molar-refractivity contribution in [3.05, 3.63) is 89.4 Å². The molecule has 0 bridgehead atoms. The van der Waals surface area contributed by atoms with E-state index in [-0.39, 0.29) is 22.2 Å². The van der Waals surface area contributed by atoms with Gasteiger partial charge >= 0.3 is 5.97 Å². The summed E-state index contributed by atoms with van der Waals surface area (Å²) < 4.78 is 6.00. The molecule has 4 aromatic rings. The maximum absolute atomic E-state index is 12.4. The number of oxazole rings is 1. The summed E-state index contributed by atoms with van der Waals surface area (Å²) in [6.07, 6.45) is 0. The van der Waals surface area contributed by atoms with Gasteiger partial charge in [0.05, 0.1) is 16.3 Å². The third-order valence-electron chi connectivity index (χ3n) is 4.50. The van der Waals surface area contributed by atoms with Crippen LogP contribution in [0.25, 0.3) is 22.6 Å². The number of amides is 1. The van der Waals surface area contributed by atoms with Gasteiger partial charge in [0.25, 0.3) is 5.22 Å². The molecular weight excluding hydrogens is 448 g/mol. The molecule has 1 aromatic heterocycles. The largest absolute Gasteiger partial charge is 0.478 e. The van der Waals surface area contributed by atoms with Crippen molar-refractivity contribution >= 4 is 40.9 Å². The van der Waals surface area contributed by atoms with E-state index < -0.39 is 5.97 Å². The minimum absolute atomic E-state index is 0.0357. The zero-order valence-electron chi connectivity index (χ0n) is 16.6. The van der Waals surface area contributed by atoms with Gasteiger partial charge in [0.1, 0.15) is 5.69 Å². The first kappa shape index (κ1) is 21.7. The number of nitrogens with zero attached hydrogens (tertiary/aromatic N) is 1. The highest BCUT2D eigenvalue weighted by atomic mass is 35.5. The Bertz CT molecular complexity index is 1200. The van der Waals surface area contributed by atoms with Gasteiger partial charge < -0.3 is 14.8 Å². The van der Waals surface area contributed by atoms with Crippen molar-refractivity contribution in [2.75, 3.05) is 11.1 Å². The molecule has 3 aromatic carbocycles. The highest BCUT2D eigenvalue weighted by Gasteiger charge is 2.18. The summed E-state index contributed by atoms with van der Waals surface area (Å²) in [5, 5.41) is 12.3. The molecule has 160 valence electrons. The van der Waals surface area contributed by atoms with Crippen LogP contribution in [0.5, 0.6) is 0 Å². The average Bonchev–Trinajstić information content (AvgIpc) is 3.24. The number of nitrogens with one attached hydrogen (secondary N) is 1. The minimum Gasteiger partial charge on any atom is -0.478 e. The van der Waals surface area contributed by atoms with E-state index in [2.05, 4.69) is 10.3 Å². The zero-order chi connectivity index (χ0) is 22.5. The van der Waals surface area contributed by atoms with Crippen molar-refractivity contribution < 1.29 is 19.1 Å². The fourth-order valence-electron chi connectivity index (χ4n) is 3.03. The van der Waals surface area contributed by atoms with Crippen molar-refractivity contribution in [1.82, 2.24) is 4.98 Å². The second-order valence-electron chi connectivity index (χ2n) is 6.73. The normalized spacial score (nSPS) is 10.7. The Kier molecular flexibility index (Phi) is 6.58. The number of hydrogen-bond acceptors (Lipinski definition) is 5. The number of anilines is 1. The lowest BCUT2D eigenvalue weighted by molar-refractivity contribution is -0.113. The number of carbonyl (C=O) groups is 2. The second-order valence-corrected chi connectivity index (χ2v) is 8.06. The van der Waals surface area contributed by atoms with Gasteiger partial charge in [0.2, 0.25) is 5.91 Å². The van der Waals surface area contributed by atoms with Gasteiger partial charge in [0.15, 0.2) is 5.76 Å². The first-order chi connectivity index (χ1) is 15.5. The summed E-state index contributed by atoms with van der Waals surface area (Å²) >= 11 is 7.02. The number of thioether (sulfide) groups is 1.